The second-order valence-electron chi connectivity index (χ2n) is 5.24. The Hall–Kier alpha value is -0.480. The largest absolute Gasteiger partial charge is 0.493 e. The zero-order valence-electron chi connectivity index (χ0n) is 11.1. The summed E-state index contributed by atoms with van der Waals surface area (Å²) in [6, 6.07) is 4.65. The molecule has 5 heteroatoms. The van der Waals surface area contributed by atoms with Gasteiger partial charge in [-0.15, -0.1) is 12.4 Å². The van der Waals surface area contributed by atoms with Crippen molar-refractivity contribution in [3.8, 4) is 5.75 Å². The fraction of sp³-hybridized carbons (Fsp3) is 0.571. The second kappa shape index (κ2) is 6.31. The number of rotatable bonds is 2. The predicted molar refractivity (Wildman–Crippen MR) is 80.6 cm³/mol. The Labute approximate surface area is 125 Å². The lowest BCUT2D eigenvalue weighted by molar-refractivity contribution is 0.197. The van der Waals surface area contributed by atoms with Crippen LogP contribution in [0.2, 0.25) is 5.02 Å². The van der Waals surface area contributed by atoms with E-state index in [1.807, 2.05) is 6.07 Å². The molecule has 2 aliphatic rings. The average molecular weight is 303 g/mol. The van der Waals surface area contributed by atoms with E-state index >= 15 is 0 Å². The zero-order valence-corrected chi connectivity index (χ0v) is 12.7. The molecule has 1 N–H and O–H groups in total. The summed E-state index contributed by atoms with van der Waals surface area (Å²) >= 11 is 6.19. The van der Waals surface area contributed by atoms with E-state index in [4.69, 9.17) is 16.3 Å². The Morgan fingerprint density at radius 1 is 1.47 bits per heavy atom. The van der Waals surface area contributed by atoms with Gasteiger partial charge in [0.25, 0.3) is 0 Å². The van der Waals surface area contributed by atoms with E-state index in [0.29, 0.717) is 6.04 Å². The summed E-state index contributed by atoms with van der Waals surface area (Å²) in [7, 11) is 0. The summed E-state index contributed by atoms with van der Waals surface area (Å²) in [4.78, 5) is 2.47. The molecule has 0 amide bonds. The minimum absolute atomic E-state index is 0. The predicted octanol–water partition coefficient (Wildman–Crippen LogP) is 2.49. The highest BCUT2D eigenvalue weighted by molar-refractivity contribution is 6.30. The van der Waals surface area contributed by atoms with Crippen molar-refractivity contribution >= 4 is 24.0 Å². The fourth-order valence-corrected chi connectivity index (χ4v) is 3.12. The van der Waals surface area contributed by atoms with Crippen molar-refractivity contribution < 1.29 is 4.74 Å². The monoisotopic (exact) mass is 302 g/mol. The molecule has 1 aromatic rings. The van der Waals surface area contributed by atoms with Crippen LogP contribution in [0.15, 0.2) is 12.1 Å². The number of benzene rings is 1. The van der Waals surface area contributed by atoms with Crippen molar-refractivity contribution in [1.29, 1.82) is 0 Å². The number of fused-ring (bicyclic) bond motifs is 1. The average Bonchev–Trinajstić information content (AvgIpc) is 2.77. The molecule has 106 valence electrons. The van der Waals surface area contributed by atoms with Gasteiger partial charge in [-0.05, 0) is 24.6 Å². The van der Waals surface area contributed by atoms with Crippen molar-refractivity contribution in [3.63, 3.8) is 0 Å². The third-order valence-corrected chi connectivity index (χ3v) is 3.89. The van der Waals surface area contributed by atoms with E-state index in [1.165, 1.54) is 11.1 Å². The number of nitrogens with zero attached hydrogens (tertiary/aromatic N) is 1. The van der Waals surface area contributed by atoms with Crippen molar-refractivity contribution in [3.05, 3.63) is 28.3 Å². The Morgan fingerprint density at radius 3 is 3.11 bits per heavy atom. The minimum atomic E-state index is 0. The number of ether oxygens (including phenoxy) is 1. The Kier molecular flexibility index (Phi) is 4.96. The first-order valence-corrected chi connectivity index (χ1v) is 7.00. The highest BCUT2D eigenvalue weighted by atomic mass is 35.5. The first kappa shape index (κ1) is 14.9. The van der Waals surface area contributed by atoms with Gasteiger partial charge in [-0.2, -0.15) is 0 Å². The van der Waals surface area contributed by atoms with E-state index in [9.17, 15) is 0 Å². The smallest absolute Gasteiger partial charge is 0.127 e. The summed E-state index contributed by atoms with van der Waals surface area (Å²) in [6.07, 6.45) is 0.987. The molecule has 0 bridgehead atoms. The maximum Gasteiger partial charge on any atom is 0.127 e. The molecule has 0 unspecified atom stereocenters. The molecule has 1 atom stereocenters. The van der Waals surface area contributed by atoms with Gasteiger partial charge in [-0.1, -0.05) is 11.6 Å². The van der Waals surface area contributed by atoms with Gasteiger partial charge in [-0.25, -0.2) is 0 Å². The maximum absolute atomic E-state index is 6.19. The number of hydrogen-bond acceptors (Lipinski definition) is 3. The molecule has 1 fully saturated rings. The quantitative estimate of drug-likeness (QED) is 0.908. The van der Waals surface area contributed by atoms with Crippen molar-refractivity contribution in [2.75, 3.05) is 26.2 Å². The topological polar surface area (TPSA) is 24.5 Å². The number of hydrogen-bond donors (Lipinski definition) is 1. The van der Waals surface area contributed by atoms with Gasteiger partial charge in [0.05, 0.1) is 6.61 Å². The molecule has 0 aromatic heterocycles. The van der Waals surface area contributed by atoms with Crippen LogP contribution in [0.1, 0.15) is 18.1 Å². The molecular weight excluding hydrogens is 283 g/mol. The van der Waals surface area contributed by atoms with E-state index < -0.39 is 0 Å². The number of halogens is 2. The summed E-state index contributed by atoms with van der Waals surface area (Å²) in [5.41, 5.74) is 2.50. The normalized spacial score (nSPS) is 22.5. The van der Waals surface area contributed by atoms with Crippen LogP contribution in [0.25, 0.3) is 0 Å². The van der Waals surface area contributed by atoms with Gasteiger partial charge in [0.2, 0.25) is 0 Å². The van der Waals surface area contributed by atoms with Crippen LogP contribution in [0.3, 0.4) is 0 Å². The highest BCUT2D eigenvalue weighted by Crippen LogP contribution is 2.33. The van der Waals surface area contributed by atoms with E-state index in [0.717, 1.165) is 50.0 Å². The van der Waals surface area contributed by atoms with Crippen LogP contribution in [0, 0.1) is 0 Å². The van der Waals surface area contributed by atoms with Gasteiger partial charge in [0.1, 0.15) is 5.75 Å². The summed E-state index contributed by atoms with van der Waals surface area (Å²) < 4.78 is 5.75. The first-order valence-electron chi connectivity index (χ1n) is 6.62. The van der Waals surface area contributed by atoms with E-state index in [-0.39, 0.29) is 12.4 Å². The molecule has 2 heterocycles. The number of nitrogens with one attached hydrogen (secondary N) is 1. The molecule has 0 radical (unpaired) electrons. The minimum Gasteiger partial charge on any atom is -0.493 e. The van der Waals surface area contributed by atoms with Gasteiger partial charge in [0, 0.05) is 49.2 Å². The lowest BCUT2D eigenvalue weighted by Crippen LogP contribution is -2.48. The van der Waals surface area contributed by atoms with Gasteiger partial charge >= 0.3 is 0 Å². The molecule has 1 aromatic carbocycles. The third-order valence-electron chi connectivity index (χ3n) is 3.67. The van der Waals surface area contributed by atoms with Crippen LogP contribution in [0.5, 0.6) is 5.75 Å². The van der Waals surface area contributed by atoms with E-state index in [2.05, 4.69) is 23.2 Å². The fourth-order valence-electron chi connectivity index (χ4n) is 2.86. The van der Waals surface area contributed by atoms with Crippen LogP contribution in [-0.4, -0.2) is 37.2 Å². The van der Waals surface area contributed by atoms with Crippen molar-refractivity contribution in [2.24, 2.45) is 0 Å². The molecule has 3 nitrogen and oxygen atoms in total. The van der Waals surface area contributed by atoms with Crippen LogP contribution in [0.4, 0.5) is 0 Å². The summed E-state index contributed by atoms with van der Waals surface area (Å²) in [5.74, 6) is 1.07. The Bertz CT molecular complexity index is 453. The van der Waals surface area contributed by atoms with Crippen LogP contribution < -0.4 is 10.1 Å². The molecule has 0 spiro atoms. The van der Waals surface area contributed by atoms with Crippen molar-refractivity contribution in [1.82, 2.24) is 10.2 Å². The molecular formula is C14H20Cl2N2O. The maximum atomic E-state index is 6.19. The van der Waals surface area contributed by atoms with Gasteiger partial charge in [0.15, 0.2) is 0 Å². The molecule has 0 aliphatic carbocycles. The molecule has 2 aliphatic heterocycles. The van der Waals surface area contributed by atoms with Crippen LogP contribution >= 0.6 is 24.0 Å². The summed E-state index contributed by atoms with van der Waals surface area (Å²) in [5, 5.41) is 4.29. The highest BCUT2D eigenvalue weighted by Gasteiger charge is 2.21. The Morgan fingerprint density at radius 2 is 2.32 bits per heavy atom. The van der Waals surface area contributed by atoms with Crippen molar-refractivity contribution in [2.45, 2.75) is 25.9 Å². The molecule has 19 heavy (non-hydrogen) atoms. The number of piperazine rings is 1. The first-order chi connectivity index (χ1) is 8.72. The lowest BCUT2D eigenvalue weighted by Gasteiger charge is -2.32. The Balaban J connectivity index is 0.00000133. The molecule has 3 rings (SSSR count). The lowest BCUT2D eigenvalue weighted by atomic mass is 10.1. The zero-order chi connectivity index (χ0) is 12.5. The van der Waals surface area contributed by atoms with Gasteiger partial charge in [-0.3, -0.25) is 4.90 Å². The SMILES string of the molecule is C[C@@H]1CN(Cc2cc(Cl)cc3c2OCC3)CCN1.Cl. The third kappa shape index (κ3) is 3.34. The standard InChI is InChI=1S/C14H19ClN2O.ClH/c1-10-8-17(4-3-16-10)9-12-7-13(15)6-11-2-5-18-14(11)12;/h6-7,10,16H,2-5,8-9H2,1H3;1H/t10-;/m1./s1. The molecule has 0 saturated carbocycles. The summed E-state index contributed by atoms with van der Waals surface area (Å²) in [6.45, 7) is 7.19. The molecule has 1 saturated heterocycles. The van der Waals surface area contributed by atoms with Crippen LogP contribution in [-0.2, 0) is 13.0 Å². The van der Waals surface area contributed by atoms with E-state index in [1.54, 1.807) is 0 Å². The van der Waals surface area contributed by atoms with Gasteiger partial charge < -0.3 is 10.1 Å². The second-order valence-corrected chi connectivity index (χ2v) is 5.68.